The van der Waals surface area contributed by atoms with Crippen LogP contribution < -0.4 is 5.73 Å². The van der Waals surface area contributed by atoms with Gasteiger partial charge in [0.05, 0.1) is 6.04 Å². The van der Waals surface area contributed by atoms with Crippen molar-refractivity contribution in [1.29, 1.82) is 0 Å². The summed E-state index contributed by atoms with van der Waals surface area (Å²) >= 11 is 0. The van der Waals surface area contributed by atoms with E-state index in [0.29, 0.717) is 32.4 Å². The molecule has 1 fully saturated rings. The molecule has 0 saturated carbocycles. The minimum Gasteiger partial charge on any atom is -0.465 e. The number of carbonyl (C=O) groups excluding carboxylic acids is 1. The zero-order valence-corrected chi connectivity index (χ0v) is 8.98. The molecule has 0 bridgehead atoms. The maximum absolute atomic E-state index is 11.4. The van der Waals surface area contributed by atoms with E-state index in [1.165, 1.54) is 4.90 Å². The Morgan fingerprint density at radius 2 is 2.00 bits per heavy atom. The van der Waals surface area contributed by atoms with Crippen LogP contribution in [0.5, 0.6) is 0 Å². The van der Waals surface area contributed by atoms with Crippen LogP contribution in [0.25, 0.3) is 0 Å². The highest BCUT2D eigenvalue weighted by atomic mass is 16.4. The predicted octanol–water partition coefficient (Wildman–Crippen LogP) is 0.683. The summed E-state index contributed by atoms with van der Waals surface area (Å²) in [5, 5.41) is 8.75. The molecule has 0 spiro atoms. The van der Waals surface area contributed by atoms with Gasteiger partial charge in [-0.05, 0) is 18.8 Å². The first-order chi connectivity index (χ1) is 7.06. The molecule has 5 heteroatoms. The molecule has 0 radical (unpaired) electrons. The van der Waals surface area contributed by atoms with Gasteiger partial charge in [0.15, 0.2) is 0 Å². The molecule has 0 aromatic carbocycles. The summed E-state index contributed by atoms with van der Waals surface area (Å²) in [6.07, 6.45) is 0.961. The number of carboxylic acid groups (broad SMARTS) is 1. The lowest BCUT2D eigenvalue weighted by atomic mass is 9.87. The monoisotopic (exact) mass is 214 g/mol. The number of rotatable bonds is 3. The second kappa shape index (κ2) is 5.11. The molecule has 0 aromatic rings. The number of likely N-dealkylation sites (tertiary alicyclic amines) is 1. The zero-order chi connectivity index (χ0) is 11.4. The first-order valence-electron chi connectivity index (χ1n) is 5.32. The van der Waals surface area contributed by atoms with Gasteiger partial charge in [-0.1, -0.05) is 6.92 Å². The van der Waals surface area contributed by atoms with Gasteiger partial charge < -0.3 is 15.7 Å². The van der Waals surface area contributed by atoms with E-state index in [4.69, 9.17) is 10.8 Å². The van der Waals surface area contributed by atoms with Gasteiger partial charge in [-0.2, -0.15) is 0 Å². The number of amides is 1. The lowest BCUT2D eigenvalue weighted by molar-refractivity contribution is -0.121. The van der Waals surface area contributed by atoms with Crippen molar-refractivity contribution in [2.45, 2.75) is 32.2 Å². The van der Waals surface area contributed by atoms with E-state index in [1.54, 1.807) is 6.92 Å². The van der Waals surface area contributed by atoms with Crippen molar-refractivity contribution < 1.29 is 14.7 Å². The van der Waals surface area contributed by atoms with Gasteiger partial charge in [0.1, 0.15) is 5.78 Å². The van der Waals surface area contributed by atoms with Gasteiger partial charge in [-0.25, -0.2) is 4.79 Å². The lowest BCUT2D eigenvalue weighted by Gasteiger charge is -2.32. The molecule has 1 rings (SSSR count). The molecule has 0 aliphatic carbocycles. The third kappa shape index (κ3) is 2.92. The largest absolute Gasteiger partial charge is 0.465 e. The van der Waals surface area contributed by atoms with E-state index in [9.17, 15) is 9.59 Å². The molecule has 0 aromatic heterocycles. The SMILES string of the molecule is CCC(=O)C(N)C1CCN(C(=O)O)CC1. The molecule has 1 aliphatic rings. The molecule has 1 unspecified atom stereocenters. The van der Waals surface area contributed by atoms with Crippen molar-refractivity contribution in [2.75, 3.05) is 13.1 Å². The number of nitrogens with two attached hydrogens (primary N) is 1. The van der Waals surface area contributed by atoms with Crippen LogP contribution in [0.1, 0.15) is 26.2 Å². The van der Waals surface area contributed by atoms with Gasteiger partial charge in [0, 0.05) is 19.5 Å². The summed E-state index contributed by atoms with van der Waals surface area (Å²) in [7, 11) is 0. The number of carbonyl (C=O) groups is 2. The standard InChI is InChI=1S/C10H18N2O3/c1-2-8(13)9(11)7-3-5-12(6-4-7)10(14)15/h7,9H,2-6,11H2,1H3,(H,14,15). The van der Waals surface area contributed by atoms with Crippen molar-refractivity contribution in [3.63, 3.8) is 0 Å². The van der Waals surface area contributed by atoms with E-state index < -0.39 is 12.1 Å². The van der Waals surface area contributed by atoms with Crippen LogP contribution in [-0.2, 0) is 4.79 Å². The smallest absolute Gasteiger partial charge is 0.407 e. The molecule has 1 heterocycles. The quantitative estimate of drug-likeness (QED) is 0.723. The van der Waals surface area contributed by atoms with Crippen LogP contribution in [0.4, 0.5) is 4.79 Å². The molecular weight excluding hydrogens is 196 g/mol. The van der Waals surface area contributed by atoms with Crippen molar-refractivity contribution in [3.05, 3.63) is 0 Å². The van der Waals surface area contributed by atoms with E-state index >= 15 is 0 Å². The molecule has 15 heavy (non-hydrogen) atoms. The molecular formula is C10H18N2O3. The Kier molecular flexibility index (Phi) is 4.08. The van der Waals surface area contributed by atoms with Gasteiger partial charge in [0.25, 0.3) is 0 Å². The van der Waals surface area contributed by atoms with Gasteiger partial charge in [-0.3, -0.25) is 4.79 Å². The Morgan fingerprint density at radius 1 is 1.47 bits per heavy atom. The molecule has 1 atom stereocenters. The Labute approximate surface area is 89.2 Å². The van der Waals surface area contributed by atoms with Crippen LogP contribution in [0.2, 0.25) is 0 Å². The van der Waals surface area contributed by atoms with Crippen LogP contribution in [-0.4, -0.2) is 41.0 Å². The van der Waals surface area contributed by atoms with Gasteiger partial charge in [-0.15, -0.1) is 0 Å². The number of hydrogen-bond acceptors (Lipinski definition) is 3. The number of Topliss-reactive ketones (excluding diaryl/α,β-unsaturated/α-hetero) is 1. The number of nitrogens with zero attached hydrogens (tertiary/aromatic N) is 1. The lowest BCUT2D eigenvalue weighted by Crippen LogP contribution is -2.45. The van der Waals surface area contributed by atoms with Crippen LogP contribution in [0.15, 0.2) is 0 Å². The van der Waals surface area contributed by atoms with Crippen molar-refractivity contribution in [3.8, 4) is 0 Å². The van der Waals surface area contributed by atoms with E-state index in [2.05, 4.69) is 0 Å². The zero-order valence-electron chi connectivity index (χ0n) is 8.98. The van der Waals surface area contributed by atoms with Crippen molar-refractivity contribution in [1.82, 2.24) is 4.90 Å². The van der Waals surface area contributed by atoms with E-state index in [0.717, 1.165) is 0 Å². The third-order valence-corrected chi connectivity index (χ3v) is 3.04. The van der Waals surface area contributed by atoms with Gasteiger partial charge >= 0.3 is 6.09 Å². The number of ketones is 1. The minimum absolute atomic E-state index is 0.0729. The Hall–Kier alpha value is -1.10. The first kappa shape index (κ1) is 12.0. The molecule has 1 amide bonds. The molecule has 1 saturated heterocycles. The normalized spacial score (nSPS) is 20.0. The first-order valence-corrected chi connectivity index (χ1v) is 5.32. The summed E-state index contributed by atoms with van der Waals surface area (Å²) < 4.78 is 0. The fourth-order valence-electron chi connectivity index (χ4n) is 1.95. The summed E-state index contributed by atoms with van der Waals surface area (Å²) in [5.41, 5.74) is 5.81. The highest BCUT2D eigenvalue weighted by Gasteiger charge is 2.29. The Bertz CT molecular complexity index is 247. The fraction of sp³-hybridized carbons (Fsp3) is 0.800. The Balaban J connectivity index is 2.43. The number of piperidine rings is 1. The van der Waals surface area contributed by atoms with Crippen LogP contribution >= 0.6 is 0 Å². The van der Waals surface area contributed by atoms with Crippen molar-refractivity contribution in [2.24, 2.45) is 11.7 Å². The highest BCUT2D eigenvalue weighted by molar-refractivity contribution is 5.83. The third-order valence-electron chi connectivity index (χ3n) is 3.04. The molecule has 86 valence electrons. The average Bonchev–Trinajstić information content (AvgIpc) is 2.27. The summed E-state index contributed by atoms with van der Waals surface area (Å²) in [6.45, 7) is 2.78. The molecule has 5 nitrogen and oxygen atoms in total. The van der Waals surface area contributed by atoms with Crippen LogP contribution in [0, 0.1) is 5.92 Å². The summed E-state index contributed by atoms with van der Waals surface area (Å²) in [4.78, 5) is 23.4. The fourth-order valence-corrected chi connectivity index (χ4v) is 1.95. The second-order valence-corrected chi connectivity index (χ2v) is 3.95. The average molecular weight is 214 g/mol. The maximum atomic E-state index is 11.4. The summed E-state index contributed by atoms with van der Waals surface area (Å²) in [5.74, 6) is 0.219. The summed E-state index contributed by atoms with van der Waals surface area (Å²) in [6, 6.07) is -0.411. The van der Waals surface area contributed by atoms with E-state index in [-0.39, 0.29) is 11.7 Å². The van der Waals surface area contributed by atoms with E-state index in [1.807, 2.05) is 0 Å². The number of hydrogen-bond donors (Lipinski definition) is 2. The maximum Gasteiger partial charge on any atom is 0.407 e. The topological polar surface area (TPSA) is 83.6 Å². The minimum atomic E-state index is -0.885. The molecule has 1 aliphatic heterocycles. The van der Waals surface area contributed by atoms with Gasteiger partial charge in [0.2, 0.25) is 0 Å². The Morgan fingerprint density at radius 3 is 2.40 bits per heavy atom. The highest BCUT2D eigenvalue weighted by Crippen LogP contribution is 2.20. The predicted molar refractivity (Wildman–Crippen MR) is 55.6 cm³/mol. The van der Waals surface area contributed by atoms with Crippen LogP contribution in [0.3, 0.4) is 0 Å². The molecule has 3 N–H and O–H groups in total. The second-order valence-electron chi connectivity index (χ2n) is 3.95. The van der Waals surface area contributed by atoms with Crippen molar-refractivity contribution >= 4 is 11.9 Å².